The summed E-state index contributed by atoms with van der Waals surface area (Å²) in [4.78, 5) is 12.7. The minimum absolute atomic E-state index is 0.436. The number of ether oxygens (including phenoxy) is 2. The van der Waals surface area contributed by atoms with E-state index in [1.54, 1.807) is 0 Å². The number of aryl methyl sites for hydroxylation is 2. The molecule has 1 unspecified atom stereocenters. The standard InChI is InChI=1S/C28H29NO4/c1-4-12-21-18-23-24(19-14-8-6-9-15-19)29-33-27(23)22(13-5-2)25(21)32-26(28(30)31-3)20-16-10-7-11-17-20/h6-11,14-18,26H,4-5,12-13H2,1-3H3. The third-order valence-corrected chi connectivity index (χ3v) is 5.71. The number of fused-ring (bicyclic) bond motifs is 1. The summed E-state index contributed by atoms with van der Waals surface area (Å²) in [5, 5.41) is 5.38. The maximum atomic E-state index is 12.7. The topological polar surface area (TPSA) is 61.6 Å². The van der Waals surface area contributed by atoms with Crippen molar-refractivity contribution < 1.29 is 18.8 Å². The molecule has 1 atom stereocenters. The number of carbonyl (C=O) groups excluding carboxylic acids is 1. The lowest BCUT2D eigenvalue weighted by Gasteiger charge is -2.22. The molecule has 0 aliphatic carbocycles. The van der Waals surface area contributed by atoms with Gasteiger partial charge in [0.1, 0.15) is 11.4 Å². The second-order valence-electron chi connectivity index (χ2n) is 8.05. The molecule has 0 aliphatic rings. The fourth-order valence-electron chi connectivity index (χ4n) is 4.17. The van der Waals surface area contributed by atoms with E-state index < -0.39 is 12.1 Å². The van der Waals surface area contributed by atoms with Crippen molar-refractivity contribution in [2.75, 3.05) is 7.11 Å². The third kappa shape index (κ3) is 4.63. The van der Waals surface area contributed by atoms with Crippen LogP contribution in [0.25, 0.3) is 22.2 Å². The van der Waals surface area contributed by atoms with Crippen LogP contribution < -0.4 is 4.74 Å². The summed E-state index contributed by atoms with van der Waals surface area (Å²) in [5.74, 6) is 0.259. The first-order valence-corrected chi connectivity index (χ1v) is 11.5. The van der Waals surface area contributed by atoms with Crippen LogP contribution >= 0.6 is 0 Å². The molecular formula is C28H29NO4. The predicted octanol–water partition coefficient (Wildman–Crippen LogP) is 6.69. The van der Waals surface area contributed by atoms with Gasteiger partial charge in [0.05, 0.1) is 12.5 Å². The quantitative estimate of drug-likeness (QED) is 0.270. The number of nitrogens with zero attached hydrogens (tertiary/aromatic N) is 1. The first-order valence-electron chi connectivity index (χ1n) is 11.5. The van der Waals surface area contributed by atoms with Gasteiger partial charge < -0.3 is 14.0 Å². The van der Waals surface area contributed by atoms with E-state index in [1.165, 1.54) is 7.11 Å². The summed E-state index contributed by atoms with van der Waals surface area (Å²) in [6, 6.07) is 21.6. The van der Waals surface area contributed by atoms with Crippen molar-refractivity contribution in [3.63, 3.8) is 0 Å². The lowest BCUT2D eigenvalue weighted by Crippen LogP contribution is -2.21. The van der Waals surface area contributed by atoms with E-state index in [2.05, 4.69) is 25.1 Å². The normalized spacial score (nSPS) is 12.0. The molecule has 0 N–H and O–H groups in total. The van der Waals surface area contributed by atoms with E-state index in [4.69, 9.17) is 14.0 Å². The Balaban J connectivity index is 1.90. The maximum absolute atomic E-state index is 12.7. The molecule has 5 heteroatoms. The van der Waals surface area contributed by atoms with Crippen molar-refractivity contribution in [2.45, 2.75) is 45.6 Å². The number of carbonyl (C=O) groups is 1. The first-order chi connectivity index (χ1) is 16.2. The molecule has 1 aromatic heterocycles. The van der Waals surface area contributed by atoms with Crippen molar-refractivity contribution >= 4 is 16.9 Å². The summed E-state index contributed by atoms with van der Waals surface area (Å²) < 4.78 is 17.5. The van der Waals surface area contributed by atoms with Crippen LogP contribution in [-0.4, -0.2) is 18.2 Å². The molecule has 0 bridgehead atoms. The first kappa shape index (κ1) is 22.6. The highest BCUT2D eigenvalue weighted by Gasteiger charge is 2.28. The number of benzene rings is 3. The van der Waals surface area contributed by atoms with Crippen LogP contribution in [0.15, 0.2) is 71.3 Å². The Morgan fingerprint density at radius 2 is 1.64 bits per heavy atom. The molecule has 33 heavy (non-hydrogen) atoms. The average Bonchev–Trinajstić information content (AvgIpc) is 3.28. The van der Waals surface area contributed by atoms with Crippen LogP contribution in [0.4, 0.5) is 0 Å². The molecule has 1 heterocycles. The molecule has 0 spiro atoms. The highest BCUT2D eigenvalue weighted by molar-refractivity contribution is 5.95. The van der Waals surface area contributed by atoms with Crippen LogP contribution in [-0.2, 0) is 22.4 Å². The smallest absolute Gasteiger partial charge is 0.351 e. The predicted molar refractivity (Wildman–Crippen MR) is 129 cm³/mol. The summed E-state index contributed by atoms with van der Waals surface area (Å²) in [7, 11) is 1.38. The molecule has 0 aliphatic heterocycles. The Kier molecular flexibility index (Phi) is 7.08. The van der Waals surface area contributed by atoms with Crippen LogP contribution in [0.5, 0.6) is 5.75 Å². The molecule has 0 saturated carbocycles. The fourth-order valence-corrected chi connectivity index (χ4v) is 4.17. The zero-order valence-electron chi connectivity index (χ0n) is 19.3. The van der Waals surface area contributed by atoms with Gasteiger partial charge in [-0.25, -0.2) is 4.79 Å². The molecule has 0 radical (unpaired) electrons. The zero-order chi connectivity index (χ0) is 23.2. The van der Waals surface area contributed by atoms with Crippen LogP contribution in [0, 0.1) is 0 Å². The van der Waals surface area contributed by atoms with Crippen molar-refractivity contribution in [1.29, 1.82) is 0 Å². The van der Waals surface area contributed by atoms with Gasteiger partial charge in [0.25, 0.3) is 0 Å². The van der Waals surface area contributed by atoms with Gasteiger partial charge in [-0.2, -0.15) is 0 Å². The van der Waals surface area contributed by atoms with Crippen molar-refractivity contribution in [3.05, 3.63) is 83.4 Å². The van der Waals surface area contributed by atoms with Gasteiger partial charge in [0.15, 0.2) is 5.58 Å². The minimum atomic E-state index is -0.864. The van der Waals surface area contributed by atoms with Gasteiger partial charge >= 0.3 is 5.97 Å². The number of esters is 1. The number of aromatic nitrogens is 1. The summed E-state index contributed by atoms with van der Waals surface area (Å²) in [6.45, 7) is 4.25. The van der Waals surface area contributed by atoms with E-state index in [-0.39, 0.29) is 0 Å². The average molecular weight is 444 g/mol. The van der Waals surface area contributed by atoms with E-state index in [0.717, 1.165) is 59.0 Å². The minimum Gasteiger partial charge on any atom is -0.473 e. The Morgan fingerprint density at radius 3 is 2.27 bits per heavy atom. The number of hydrogen-bond acceptors (Lipinski definition) is 5. The second-order valence-corrected chi connectivity index (χ2v) is 8.05. The summed E-state index contributed by atoms with van der Waals surface area (Å²) >= 11 is 0. The Hall–Kier alpha value is -3.60. The van der Waals surface area contributed by atoms with E-state index >= 15 is 0 Å². The summed E-state index contributed by atoms with van der Waals surface area (Å²) in [6.07, 6.45) is 2.53. The highest BCUT2D eigenvalue weighted by atomic mass is 16.6. The van der Waals surface area contributed by atoms with E-state index in [9.17, 15) is 4.79 Å². The Bertz CT molecular complexity index is 1220. The van der Waals surface area contributed by atoms with Crippen molar-refractivity contribution in [1.82, 2.24) is 5.16 Å². The number of methoxy groups -OCH3 is 1. The molecule has 170 valence electrons. The van der Waals surface area contributed by atoms with E-state index in [0.29, 0.717) is 11.3 Å². The Morgan fingerprint density at radius 1 is 0.970 bits per heavy atom. The van der Waals surface area contributed by atoms with Crippen LogP contribution in [0.3, 0.4) is 0 Å². The molecular weight excluding hydrogens is 414 g/mol. The lowest BCUT2D eigenvalue weighted by atomic mass is 9.96. The number of hydrogen-bond donors (Lipinski definition) is 0. The largest absolute Gasteiger partial charge is 0.473 e. The fraction of sp³-hybridized carbons (Fsp3) is 0.286. The molecule has 5 nitrogen and oxygen atoms in total. The highest BCUT2D eigenvalue weighted by Crippen LogP contribution is 2.40. The van der Waals surface area contributed by atoms with Crippen LogP contribution in [0.1, 0.15) is 49.5 Å². The molecule has 3 aromatic carbocycles. The molecule has 0 saturated heterocycles. The SMILES string of the molecule is CCCc1cc2c(-c3ccccc3)noc2c(CCC)c1OC(C(=O)OC)c1ccccc1. The van der Waals surface area contributed by atoms with Gasteiger partial charge in [0.2, 0.25) is 6.10 Å². The lowest BCUT2D eigenvalue weighted by molar-refractivity contribution is -0.149. The Labute approximate surface area is 194 Å². The van der Waals surface area contributed by atoms with Gasteiger partial charge in [-0.15, -0.1) is 0 Å². The van der Waals surface area contributed by atoms with Gasteiger partial charge in [0, 0.05) is 16.7 Å². The summed E-state index contributed by atoms with van der Waals surface area (Å²) in [5.41, 5.74) is 5.27. The molecule has 0 fully saturated rings. The van der Waals surface area contributed by atoms with E-state index in [1.807, 2.05) is 60.7 Å². The molecule has 4 rings (SSSR count). The maximum Gasteiger partial charge on any atom is 0.351 e. The number of rotatable bonds is 9. The third-order valence-electron chi connectivity index (χ3n) is 5.71. The van der Waals surface area contributed by atoms with Gasteiger partial charge in [-0.3, -0.25) is 0 Å². The molecule has 4 aromatic rings. The zero-order valence-corrected chi connectivity index (χ0v) is 19.3. The molecule has 0 amide bonds. The van der Waals surface area contributed by atoms with Crippen molar-refractivity contribution in [2.24, 2.45) is 0 Å². The van der Waals surface area contributed by atoms with Gasteiger partial charge in [-0.1, -0.05) is 92.5 Å². The van der Waals surface area contributed by atoms with Crippen molar-refractivity contribution in [3.8, 4) is 17.0 Å². The second kappa shape index (κ2) is 10.3. The van der Waals surface area contributed by atoms with Crippen LogP contribution in [0.2, 0.25) is 0 Å². The van der Waals surface area contributed by atoms with Gasteiger partial charge in [-0.05, 0) is 24.5 Å². The monoisotopic (exact) mass is 443 g/mol.